The molecule has 2 rings (SSSR count). The molecule has 138 valence electrons. The van der Waals surface area contributed by atoms with Crippen molar-refractivity contribution >= 4 is 39.3 Å². The second-order valence-electron chi connectivity index (χ2n) is 5.70. The molecule has 0 aliphatic rings. The van der Waals surface area contributed by atoms with Gasteiger partial charge < -0.3 is 15.4 Å². The van der Waals surface area contributed by atoms with E-state index < -0.39 is 5.91 Å². The van der Waals surface area contributed by atoms with Crippen molar-refractivity contribution in [2.45, 2.75) is 12.8 Å². The van der Waals surface area contributed by atoms with E-state index >= 15 is 0 Å². The van der Waals surface area contributed by atoms with Crippen LogP contribution in [-0.4, -0.2) is 36.4 Å². The second kappa shape index (κ2) is 10.2. The number of halogens is 2. The summed E-state index contributed by atoms with van der Waals surface area (Å²) in [4.78, 5) is 25.2. The van der Waals surface area contributed by atoms with Gasteiger partial charge in [-0.3, -0.25) is 9.59 Å². The third-order valence-electron chi connectivity index (χ3n) is 3.74. The number of nitrogens with two attached hydrogens (primary N) is 1. The highest BCUT2D eigenvalue weighted by Gasteiger charge is 2.16. The van der Waals surface area contributed by atoms with Crippen molar-refractivity contribution in [1.82, 2.24) is 4.90 Å². The summed E-state index contributed by atoms with van der Waals surface area (Å²) in [7, 11) is 0. The van der Waals surface area contributed by atoms with E-state index in [-0.39, 0.29) is 25.5 Å². The van der Waals surface area contributed by atoms with Gasteiger partial charge in [0.1, 0.15) is 5.75 Å². The fourth-order valence-electron chi connectivity index (χ4n) is 2.34. The average Bonchev–Trinajstić information content (AvgIpc) is 2.61. The molecule has 2 amide bonds. The first-order valence-corrected chi connectivity index (χ1v) is 9.30. The van der Waals surface area contributed by atoms with E-state index in [2.05, 4.69) is 15.9 Å². The Morgan fingerprint density at radius 2 is 1.85 bits per heavy atom. The first-order chi connectivity index (χ1) is 12.5. The molecule has 0 saturated carbocycles. The third-order valence-corrected chi connectivity index (χ3v) is 4.53. The summed E-state index contributed by atoms with van der Waals surface area (Å²) in [6.07, 6.45) is 0.796. The largest absolute Gasteiger partial charge is 0.482 e. The van der Waals surface area contributed by atoms with Crippen molar-refractivity contribution in [3.8, 4) is 5.75 Å². The van der Waals surface area contributed by atoms with Crippen LogP contribution < -0.4 is 10.5 Å². The number of hydrogen-bond acceptors (Lipinski definition) is 3. The molecule has 0 aromatic heterocycles. The number of nitrogens with zero attached hydrogens (tertiary/aromatic N) is 1. The van der Waals surface area contributed by atoms with E-state index in [0.717, 1.165) is 10.0 Å². The standard InChI is InChI=1S/C19H20BrClN2O3/c20-15-6-7-17(16(21)12-15)26-13-19(25)23(11-9-18(22)24)10-8-14-4-2-1-3-5-14/h1-7,12H,8-11,13H2,(H2,22,24). The van der Waals surface area contributed by atoms with Gasteiger partial charge in [0.15, 0.2) is 6.61 Å². The van der Waals surface area contributed by atoms with Gasteiger partial charge in [0.05, 0.1) is 5.02 Å². The fourth-order valence-corrected chi connectivity index (χ4v) is 3.07. The molecule has 2 N–H and O–H groups in total. The van der Waals surface area contributed by atoms with Crippen LogP contribution in [0.2, 0.25) is 5.02 Å². The van der Waals surface area contributed by atoms with Gasteiger partial charge in [-0.25, -0.2) is 0 Å². The highest BCUT2D eigenvalue weighted by Crippen LogP contribution is 2.27. The maximum Gasteiger partial charge on any atom is 0.260 e. The second-order valence-corrected chi connectivity index (χ2v) is 7.02. The summed E-state index contributed by atoms with van der Waals surface area (Å²) in [5.74, 6) is -0.235. The minimum atomic E-state index is -0.445. The first-order valence-electron chi connectivity index (χ1n) is 8.13. The van der Waals surface area contributed by atoms with E-state index in [1.165, 1.54) is 0 Å². The van der Waals surface area contributed by atoms with Crippen LogP contribution in [0.3, 0.4) is 0 Å². The zero-order chi connectivity index (χ0) is 18.9. The number of hydrogen-bond donors (Lipinski definition) is 1. The van der Waals surface area contributed by atoms with Crippen LogP contribution in [0.5, 0.6) is 5.75 Å². The van der Waals surface area contributed by atoms with Gasteiger partial charge in [-0.2, -0.15) is 0 Å². The molecule has 0 unspecified atom stereocenters. The summed E-state index contributed by atoms with van der Waals surface area (Å²) in [5, 5.41) is 0.417. The number of primary amides is 1. The van der Waals surface area contributed by atoms with Gasteiger partial charge in [-0.15, -0.1) is 0 Å². The topological polar surface area (TPSA) is 72.6 Å². The molecule has 0 fully saturated rings. The summed E-state index contributed by atoms with van der Waals surface area (Å²) >= 11 is 9.41. The van der Waals surface area contributed by atoms with Crippen LogP contribution in [0.25, 0.3) is 0 Å². The maximum absolute atomic E-state index is 12.5. The van der Waals surface area contributed by atoms with Crippen molar-refractivity contribution in [3.05, 3.63) is 63.6 Å². The Balaban J connectivity index is 1.96. The highest BCUT2D eigenvalue weighted by atomic mass is 79.9. The Bertz CT molecular complexity index is 756. The maximum atomic E-state index is 12.5. The molecule has 0 aliphatic heterocycles. The smallest absolute Gasteiger partial charge is 0.260 e. The van der Waals surface area contributed by atoms with Gasteiger partial charge in [0, 0.05) is 24.0 Å². The number of rotatable bonds is 9. The third kappa shape index (κ3) is 6.69. The van der Waals surface area contributed by atoms with E-state index in [0.29, 0.717) is 23.7 Å². The number of carbonyl (C=O) groups excluding carboxylic acids is 2. The molecule has 7 heteroatoms. The molecular formula is C19H20BrClN2O3. The number of amides is 2. The molecule has 0 aliphatic carbocycles. The van der Waals surface area contributed by atoms with Gasteiger partial charge in [0.25, 0.3) is 5.91 Å². The molecule has 0 heterocycles. The minimum absolute atomic E-state index is 0.111. The predicted octanol–water partition coefficient (Wildman–Crippen LogP) is 3.43. The van der Waals surface area contributed by atoms with E-state index in [4.69, 9.17) is 22.1 Å². The van der Waals surface area contributed by atoms with Crippen molar-refractivity contribution in [2.24, 2.45) is 5.73 Å². The SMILES string of the molecule is NC(=O)CCN(CCc1ccccc1)C(=O)COc1ccc(Br)cc1Cl. The zero-order valence-corrected chi connectivity index (χ0v) is 16.5. The molecule has 26 heavy (non-hydrogen) atoms. The van der Waals surface area contributed by atoms with Crippen LogP contribution >= 0.6 is 27.5 Å². The first kappa shape index (κ1) is 20.3. The van der Waals surface area contributed by atoms with Crippen LogP contribution in [0, 0.1) is 0 Å². The Morgan fingerprint density at radius 3 is 2.50 bits per heavy atom. The van der Waals surface area contributed by atoms with Crippen LogP contribution in [-0.2, 0) is 16.0 Å². The van der Waals surface area contributed by atoms with Crippen molar-refractivity contribution in [3.63, 3.8) is 0 Å². The highest BCUT2D eigenvalue weighted by molar-refractivity contribution is 9.10. The minimum Gasteiger partial charge on any atom is -0.482 e. The normalized spacial score (nSPS) is 10.4. The summed E-state index contributed by atoms with van der Waals surface area (Å²) in [5.41, 5.74) is 6.33. The lowest BCUT2D eigenvalue weighted by molar-refractivity contribution is -0.133. The van der Waals surface area contributed by atoms with Crippen molar-refractivity contribution < 1.29 is 14.3 Å². The Kier molecular flexibility index (Phi) is 7.94. The zero-order valence-electron chi connectivity index (χ0n) is 14.2. The van der Waals surface area contributed by atoms with E-state index in [9.17, 15) is 9.59 Å². The monoisotopic (exact) mass is 438 g/mol. The fraction of sp³-hybridized carbons (Fsp3) is 0.263. The van der Waals surface area contributed by atoms with Crippen LogP contribution in [0.1, 0.15) is 12.0 Å². The summed E-state index contributed by atoms with van der Waals surface area (Å²) in [6.45, 7) is 0.584. The number of carbonyl (C=O) groups is 2. The molecule has 0 spiro atoms. The lowest BCUT2D eigenvalue weighted by atomic mass is 10.1. The molecule has 5 nitrogen and oxygen atoms in total. The average molecular weight is 440 g/mol. The summed E-state index contributed by atoms with van der Waals surface area (Å²) in [6, 6.07) is 15.0. The van der Waals surface area contributed by atoms with Crippen LogP contribution in [0.15, 0.2) is 53.0 Å². The Morgan fingerprint density at radius 1 is 1.12 bits per heavy atom. The van der Waals surface area contributed by atoms with Gasteiger partial charge >= 0.3 is 0 Å². The lowest BCUT2D eigenvalue weighted by Crippen LogP contribution is -2.38. The molecule has 0 saturated heterocycles. The molecule has 0 bridgehead atoms. The van der Waals surface area contributed by atoms with Crippen molar-refractivity contribution in [2.75, 3.05) is 19.7 Å². The molecule has 2 aromatic rings. The molecular weight excluding hydrogens is 420 g/mol. The van der Waals surface area contributed by atoms with Gasteiger partial charge in [0.2, 0.25) is 5.91 Å². The molecule has 0 radical (unpaired) electrons. The number of ether oxygens (including phenoxy) is 1. The van der Waals surface area contributed by atoms with Gasteiger partial charge in [-0.1, -0.05) is 57.9 Å². The molecule has 2 aromatic carbocycles. The van der Waals surface area contributed by atoms with E-state index in [1.54, 1.807) is 23.1 Å². The Hall–Kier alpha value is -2.05. The lowest BCUT2D eigenvalue weighted by Gasteiger charge is -2.22. The quantitative estimate of drug-likeness (QED) is 0.650. The summed E-state index contributed by atoms with van der Waals surface area (Å²) < 4.78 is 6.36. The van der Waals surface area contributed by atoms with E-state index in [1.807, 2.05) is 30.3 Å². The van der Waals surface area contributed by atoms with Crippen LogP contribution in [0.4, 0.5) is 0 Å². The van der Waals surface area contributed by atoms with Crippen molar-refractivity contribution in [1.29, 1.82) is 0 Å². The Labute approximate surface area is 166 Å². The number of benzene rings is 2. The predicted molar refractivity (Wildman–Crippen MR) is 105 cm³/mol. The van der Waals surface area contributed by atoms with Gasteiger partial charge in [-0.05, 0) is 30.2 Å². The molecule has 0 atom stereocenters.